The maximum Gasteiger partial charge on any atom is 0.230 e. The fourth-order valence-electron chi connectivity index (χ4n) is 2.74. The van der Waals surface area contributed by atoms with Crippen LogP contribution in [0.25, 0.3) is 0 Å². The second-order valence-electron chi connectivity index (χ2n) is 5.29. The normalized spacial score (nSPS) is 23.1. The number of aromatic nitrogens is 2. The first-order chi connectivity index (χ1) is 9.85. The molecule has 0 aliphatic heterocycles. The van der Waals surface area contributed by atoms with Crippen molar-refractivity contribution in [2.24, 2.45) is 11.7 Å². The molecule has 6 heteroatoms. The average Bonchev–Trinajstić information content (AvgIpc) is 2.95. The van der Waals surface area contributed by atoms with Gasteiger partial charge in [0, 0.05) is 19.4 Å². The van der Waals surface area contributed by atoms with Crippen molar-refractivity contribution in [3.63, 3.8) is 0 Å². The van der Waals surface area contributed by atoms with Crippen LogP contribution in [0.4, 0.5) is 0 Å². The molecule has 1 fully saturated rings. The lowest BCUT2D eigenvalue weighted by atomic mass is 9.79. The molecule has 6 nitrogen and oxygen atoms in total. The van der Waals surface area contributed by atoms with Crippen molar-refractivity contribution < 1.29 is 14.0 Å². The van der Waals surface area contributed by atoms with Gasteiger partial charge < -0.3 is 19.7 Å². The summed E-state index contributed by atoms with van der Waals surface area (Å²) < 4.78 is 15.7. The van der Waals surface area contributed by atoms with Crippen molar-refractivity contribution in [3.05, 3.63) is 11.7 Å². The Morgan fingerprint density at radius 3 is 2.90 bits per heavy atom. The van der Waals surface area contributed by atoms with E-state index < -0.39 is 0 Å². The number of hydrogen-bond donors (Lipinski definition) is 1. The number of methoxy groups -OCH3 is 1. The van der Waals surface area contributed by atoms with E-state index in [1.165, 1.54) is 19.3 Å². The van der Waals surface area contributed by atoms with E-state index in [2.05, 4.69) is 10.1 Å². The fourth-order valence-corrected chi connectivity index (χ4v) is 2.74. The predicted molar refractivity (Wildman–Crippen MR) is 74.5 cm³/mol. The maximum absolute atomic E-state index is 5.84. The molecule has 1 aromatic heterocycles. The fraction of sp³-hybridized carbons (Fsp3) is 0.857. The molecule has 1 aliphatic rings. The SMILES string of the molecule is COCCOCCc1noc(C2CCCCC2CN)n1. The number of nitrogens with zero attached hydrogens (tertiary/aromatic N) is 2. The van der Waals surface area contributed by atoms with Crippen molar-refractivity contribution in [2.45, 2.75) is 38.0 Å². The Kier molecular flexibility index (Phi) is 6.42. The van der Waals surface area contributed by atoms with Crippen LogP contribution in [0.15, 0.2) is 4.52 Å². The van der Waals surface area contributed by atoms with Crippen LogP contribution >= 0.6 is 0 Å². The molecule has 114 valence electrons. The topological polar surface area (TPSA) is 83.4 Å². The van der Waals surface area contributed by atoms with Crippen LogP contribution in [0.2, 0.25) is 0 Å². The van der Waals surface area contributed by atoms with Gasteiger partial charge in [-0.3, -0.25) is 0 Å². The minimum atomic E-state index is 0.337. The molecule has 0 saturated heterocycles. The van der Waals surface area contributed by atoms with Gasteiger partial charge in [0.2, 0.25) is 5.89 Å². The molecule has 1 heterocycles. The third kappa shape index (κ3) is 4.26. The van der Waals surface area contributed by atoms with E-state index in [1.54, 1.807) is 7.11 Å². The first kappa shape index (κ1) is 15.4. The molecular weight excluding hydrogens is 258 g/mol. The highest BCUT2D eigenvalue weighted by Crippen LogP contribution is 2.36. The summed E-state index contributed by atoms with van der Waals surface area (Å²) in [4.78, 5) is 4.51. The number of nitrogens with two attached hydrogens (primary N) is 1. The van der Waals surface area contributed by atoms with Gasteiger partial charge in [0.15, 0.2) is 5.82 Å². The second-order valence-corrected chi connectivity index (χ2v) is 5.29. The third-order valence-corrected chi connectivity index (χ3v) is 3.91. The van der Waals surface area contributed by atoms with Gasteiger partial charge in [-0.2, -0.15) is 4.98 Å². The molecule has 0 aromatic carbocycles. The Morgan fingerprint density at radius 1 is 1.25 bits per heavy atom. The highest BCUT2D eigenvalue weighted by atomic mass is 16.5. The van der Waals surface area contributed by atoms with E-state index in [0.717, 1.165) is 18.1 Å². The standard InChI is InChI=1S/C14H25N3O3/c1-18-8-9-19-7-6-13-16-14(20-17-13)12-5-3-2-4-11(12)10-15/h11-12H,2-10,15H2,1H3. The number of ether oxygens (including phenoxy) is 2. The van der Waals surface area contributed by atoms with Gasteiger partial charge >= 0.3 is 0 Å². The van der Waals surface area contributed by atoms with E-state index in [4.69, 9.17) is 19.7 Å². The minimum Gasteiger partial charge on any atom is -0.382 e. The van der Waals surface area contributed by atoms with Gasteiger partial charge in [-0.05, 0) is 25.3 Å². The molecule has 2 N–H and O–H groups in total. The first-order valence-corrected chi connectivity index (χ1v) is 7.44. The van der Waals surface area contributed by atoms with Crippen LogP contribution in [-0.4, -0.2) is 43.6 Å². The monoisotopic (exact) mass is 283 g/mol. The summed E-state index contributed by atoms with van der Waals surface area (Å²) in [5.74, 6) is 2.30. The van der Waals surface area contributed by atoms with Crippen LogP contribution < -0.4 is 5.73 Å². The summed E-state index contributed by atoms with van der Waals surface area (Å²) in [6, 6.07) is 0. The average molecular weight is 283 g/mol. The van der Waals surface area contributed by atoms with Crippen LogP contribution in [0, 0.1) is 5.92 Å². The summed E-state index contributed by atoms with van der Waals surface area (Å²) in [6.45, 7) is 2.49. The number of rotatable bonds is 8. The largest absolute Gasteiger partial charge is 0.382 e. The first-order valence-electron chi connectivity index (χ1n) is 7.44. The molecule has 0 spiro atoms. The molecule has 1 aliphatic carbocycles. The molecule has 1 aromatic rings. The molecule has 0 bridgehead atoms. The summed E-state index contributed by atoms with van der Waals surface area (Å²) in [5, 5.41) is 4.04. The highest BCUT2D eigenvalue weighted by Gasteiger charge is 2.29. The van der Waals surface area contributed by atoms with Crippen molar-refractivity contribution in [1.29, 1.82) is 0 Å². The molecule has 20 heavy (non-hydrogen) atoms. The Balaban J connectivity index is 1.81. The predicted octanol–water partition coefficient (Wildman–Crippen LogP) is 1.51. The Labute approximate surface area is 120 Å². The van der Waals surface area contributed by atoms with Gasteiger partial charge in [-0.25, -0.2) is 0 Å². The van der Waals surface area contributed by atoms with Gasteiger partial charge in [0.25, 0.3) is 0 Å². The Morgan fingerprint density at radius 2 is 2.10 bits per heavy atom. The minimum absolute atomic E-state index is 0.337. The highest BCUT2D eigenvalue weighted by molar-refractivity contribution is 4.99. The van der Waals surface area contributed by atoms with Gasteiger partial charge in [0.05, 0.1) is 19.8 Å². The molecule has 2 atom stereocenters. The van der Waals surface area contributed by atoms with Gasteiger partial charge in [-0.1, -0.05) is 18.0 Å². The van der Waals surface area contributed by atoms with E-state index in [0.29, 0.717) is 44.6 Å². The molecule has 1 saturated carbocycles. The van der Waals surface area contributed by atoms with Crippen LogP contribution in [0.5, 0.6) is 0 Å². The summed E-state index contributed by atoms with van der Waals surface area (Å²) in [7, 11) is 1.66. The smallest absolute Gasteiger partial charge is 0.230 e. The molecule has 2 unspecified atom stereocenters. The number of hydrogen-bond acceptors (Lipinski definition) is 6. The molecule has 0 amide bonds. The zero-order valence-electron chi connectivity index (χ0n) is 12.2. The van der Waals surface area contributed by atoms with Crippen molar-refractivity contribution >= 4 is 0 Å². The van der Waals surface area contributed by atoms with Crippen LogP contribution in [-0.2, 0) is 15.9 Å². The summed E-state index contributed by atoms with van der Waals surface area (Å²) in [5.41, 5.74) is 5.84. The quantitative estimate of drug-likeness (QED) is 0.728. The van der Waals surface area contributed by atoms with Crippen molar-refractivity contribution in [3.8, 4) is 0 Å². The molecular formula is C14H25N3O3. The summed E-state index contributed by atoms with van der Waals surface area (Å²) in [6.07, 6.45) is 5.42. The van der Waals surface area contributed by atoms with E-state index >= 15 is 0 Å². The van der Waals surface area contributed by atoms with Gasteiger partial charge in [-0.15, -0.1) is 0 Å². The van der Waals surface area contributed by atoms with E-state index in [1.807, 2.05) is 0 Å². The third-order valence-electron chi connectivity index (χ3n) is 3.91. The zero-order valence-corrected chi connectivity index (χ0v) is 12.2. The lowest BCUT2D eigenvalue weighted by Gasteiger charge is -2.27. The van der Waals surface area contributed by atoms with Crippen LogP contribution in [0.3, 0.4) is 0 Å². The van der Waals surface area contributed by atoms with E-state index in [9.17, 15) is 0 Å². The molecule has 0 radical (unpaired) electrons. The molecule has 2 rings (SSSR count). The Bertz CT molecular complexity index is 383. The summed E-state index contributed by atoms with van der Waals surface area (Å²) >= 11 is 0. The second kappa shape index (κ2) is 8.34. The lowest BCUT2D eigenvalue weighted by molar-refractivity contribution is 0.0714. The maximum atomic E-state index is 5.84. The van der Waals surface area contributed by atoms with Crippen LogP contribution in [0.1, 0.15) is 43.3 Å². The lowest BCUT2D eigenvalue weighted by Crippen LogP contribution is -2.25. The van der Waals surface area contributed by atoms with Crippen molar-refractivity contribution in [2.75, 3.05) is 33.5 Å². The van der Waals surface area contributed by atoms with Crippen molar-refractivity contribution in [1.82, 2.24) is 10.1 Å². The zero-order chi connectivity index (χ0) is 14.2. The van der Waals surface area contributed by atoms with Gasteiger partial charge in [0.1, 0.15) is 0 Å². The van der Waals surface area contributed by atoms with E-state index in [-0.39, 0.29) is 0 Å². The Hall–Kier alpha value is -0.980.